The molecule has 3 heterocycles. The van der Waals surface area contributed by atoms with E-state index < -0.39 is 0 Å². The summed E-state index contributed by atoms with van der Waals surface area (Å²) < 4.78 is 10.7. The van der Waals surface area contributed by atoms with Crippen LogP contribution in [0, 0.1) is 6.92 Å². The van der Waals surface area contributed by atoms with Crippen LogP contribution in [0.5, 0.6) is 0 Å². The van der Waals surface area contributed by atoms with Gasteiger partial charge in [-0.15, -0.1) is 0 Å². The molecule has 6 nitrogen and oxygen atoms in total. The molecular weight excluding hydrogens is 368 g/mol. The monoisotopic (exact) mass is 392 g/mol. The molecular formula is C23H24N2O4. The fourth-order valence-corrected chi connectivity index (χ4v) is 3.72. The topological polar surface area (TPSA) is 66.9 Å². The highest BCUT2D eigenvalue weighted by atomic mass is 16.3. The van der Waals surface area contributed by atoms with Crippen LogP contribution in [0.4, 0.5) is 0 Å². The van der Waals surface area contributed by atoms with Gasteiger partial charge in [0.2, 0.25) is 5.91 Å². The quantitative estimate of drug-likeness (QED) is 0.640. The van der Waals surface area contributed by atoms with Crippen LogP contribution >= 0.6 is 0 Å². The van der Waals surface area contributed by atoms with Crippen LogP contribution in [0.3, 0.4) is 0 Å². The molecule has 29 heavy (non-hydrogen) atoms. The lowest BCUT2D eigenvalue weighted by molar-refractivity contribution is -0.132. The second-order valence-electron chi connectivity index (χ2n) is 7.28. The number of nitrogens with zero attached hydrogens (tertiary/aromatic N) is 2. The van der Waals surface area contributed by atoms with E-state index in [0.29, 0.717) is 43.3 Å². The number of hydrogen-bond donors (Lipinski definition) is 0. The summed E-state index contributed by atoms with van der Waals surface area (Å²) in [6.07, 6.45) is 4.22. The fourth-order valence-electron chi connectivity index (χ4n) is 3.72. The Morgan fingerprint density at radius 1 is 1.03 bits per heavy atom. The standard InChI is InChI=1S/C23H24N2O4/c1-17-21(10-14-28-17)23(27)25(16-20-7-4-13-29-20)12-9-22(26)24-11-8-18-5-2-3-6-19(18)15-24/h2-7,10,13-14H,8-9,11-12,15-16H2,1H3. The van der Waals surface area contributed by atoms with Crippen molar-refractivity contribution in [2.24, 2.45) is 0 Å². The highest BCUT2D eigenvalue weighted by Gasteiger charge is 2.24. The van der Waals surface area contributed by atoms with Gasteiger partial charge in [-0.25, -0.2) is 0 Å². The number of furan rings is 2. The molecule has 1 aliphatic heterocycles. The zero-order valence-corrected chi connectivity index (χ0v) is 16.5. The molecule has 2 aromatic heterocycles. The predicted octanol–water partition coefficient (Wildman–Crippen LogP) is 3.80. The van der Waals surface area contributed by atoms with Gasteiger partial charge in [-0.3, -0.25) is 9.59 Å². The molecule has 0 radical (unpaired) electrons. The molecule has 0 saturated heterocycles. The SMILES string of the molecule is Cc1occc1C(=O)N(CCC(=O)N1CCc2ccccc2C1)Cc1ccco1. The minimum absolute atomic E-state index is 0.0562. The summed E-state index contributed by atoms with van der Waals surface area (Å²) >= 11 is 0. The Morgan fingerprint density at radius 3 is 2.59 bits per heavy atom. The molecule has 2 amide bonds. The van der Waals surface area contributed by atoms with Gasteiger partial charge in [0, 0.05) is 26.1 Å². The Balaban J connectivity index is 1.43. The maximum absolute atomic E-state index is 13.0. The summed E-state index contributed by atoms with van der Waals surface area (Å²) in [5, 5.41) is 0. The summed E-state index contributed by atoms with van der Waals surface area (Å²) in [5.41, 5.74) is 3.02. The van der Waals surface area contributed by atoms with Crippen LogP contribution in [0.15, 0.2) is 63.8 Å². The van der Waals surface area contributed by atoms with E-state index in [1.54, 1.807) is 30.2 Å². The molecule has 1 aromatic carbocycles. The molecule has 150 valence electrons. The van der Waals surface area contributed by atoms with Crippen LogP contribution in [0.1, 0.15) is 39.4 Å². The van der Waals surface area contributed by atoms with Crippen LogP contribution in [-0.4, -0.2) is 34.7 Å². The van der Waals surface area contributed by atoms with Gasteiger partial charge >= 0.3 is 0 Å². The first-order chi connectivity index (χ1) is 14.1. The van der Waals surface area contributed by atoms with E-state index in [-0.39, 0.29) is 18.2 Å². The van der Waals surface area contributed by atoms with E-state index in [9.17, 15) is 9.59 Å². The molecule has 0 unspecified atom stereocenters. The predicted molar refractivity (Wildman–Crippen MR) is 107 cm³/mol. The number of benzene rings is 1. The number of hydrogen-bond acceptors (Lipinski definition) is 4. The van der Waals surface area contributed by atoms with Crippen molar-refractivity contribution >= 4 is 11.8 Å². The first-order valence-electron chi connectivity index (χ1n) is 9.82. The van der Waals surface area contributed by atoms with Gasteiger partial charge < -0.3 is 18.6 Å². The van der Waals surface area contributed by atoms with E-state index in [0.717, 1.165) is 6.42 Å². The van der Waals surface area contributed by atoms with Crippen LogP contribution in [-0.2, 0) is 24.3 Å². The third-order valence-electron chi connectivity index (χ3n) is 5.38. The van der Waals surface area contributed by atoms with E-state index >= 15 is 0 Å². The second-order valence-corrected chi connectivity index (χ2v) is 7.28. The van der Waals surface area contributed by atoms with Crippen LogP contribution < -0.4 is 0 Å². The molecule has 0 aliphatic carbocycles. The molecule has 4 rings (SSSR count). The lowest BCUT2D eigenvalue weighted by Crippen LogP contribution is -2.39. The first-order valence-corrected chi connectivity index (χ1v) is 9.82. The number of rotatable bonds is 6. The fraction of sp³-hybridized carbons (Fsp3) is 0.304. The minimum Gasteiger partial charge on any atom is -0.469 e. The van der Waals surface area contributed by atoms with Crippen molar-refractivity contribution in [1.29, 1.82) is 0 Å². The summed E-state index contributed by atoms with van der Waals surface area (Å²) in [5.74, 6) is 1.14. The molecule has 0 atom stereocenters. The third-order valence-corrected chi connectivity index (χ3v) is 5.38. The lowest BCUT2D eigenvalue weighted by Gasteiger charge is -2.30. The Morgan fingerprint density at radius 2 is 1.86 bits per heavy atom. The van der Waals surface area contributed by atoms with E-state index in [4.69, 9.17) is 8.83 Å². The third kappa shape index (κ3) is 4.26. The molecule has 0 bridgehead atoms. The van der Waals surface area contributed by atoms with Crippen molar-refractivity contribution in [2.75, 3.05) is 13.1 Å². The maximum atomic E-state index is 13.0. The lowest BCUT2D eigenvalue weighted by atomic mass is 10.00. The summed E-state index contributed by atoms with van der Waals surface area (Å²) in [7, 11) is 0. The summed E-state index contributed by atoms with van der Waals surface area (Å²) in [6.45, 7) is 3.73. The van der Waals surface area contributed by atoms with Gasteiger partial charge in [-0.05, 0) is 42.7 Å². The van der Waals surface area contributed by atoms with Gasteiger partial charge in [-0.2, -0.15) is 0 Å². The van der Waals surface area contributed by atoms with Crippen molar-refractivity contribution in [3.63, 3.8) is 0 Å². The molecule has 0 saturated carbocycles. The number of fused-ring (bicyclic) bond motifs is 1. The Labute approximate surface area is 169 Å². The zero-order valence-electron chi connectivity index (χ0n) is 16.5. The van der Waals surface area contributed by atoms with Crippen molar-refractivity contribution in [1.82, 2.24) is 9.80 Å². The number of amides is 2. The number of carbonyl (C=O) groups is 2. The van der Waals surface area contributed by atoms with Gasteiger partial charge in [-0.1, -0.05) is 24.3 Å². The minimum atomic E-state index is -0.163. The van der Waals surface area contributed by atoms with Crippen molar-refractivity contribution in [3.8, 4) is 0 Å². The molecule has 0 fully saturated rings. The number of carbonyl (C=O) groups excluding carboxylic acids is 2. The van der Waals surface area contributed by atoms with Crippen molar-refractivity contribution < 1.29 is 18.4 Å². The van der Waals surface area contributed by atoms with Gasteiger partial charge in [0.05, 0.1) is 24.6 Å². The normalized spacial score (nSPS) is 13.2. The van der Waals surface area contributed by atoms with E-state index in [1.807, 2.05) is 23.1 Å². The summed E-state index contributed by atoms with van der Waals surface area (Å²) in [6, 6.07) is 13.5. The van der Waals surface area contributed by atoms with Gasteiger partial charge in [0.25, 0.3) is 5.91 Å². The first kappa shape index (κ1) is 19.1. The largest absolute Gasteiger partial charge is 0.469 e. The smallest absolute Gasteiger partial charge is 0.257 e. The van der Waals surface area contributed by atoms with Crippen LogP contribution in [0.2, 0.25) is 0 Å². The Hall–Kier alpha value is -3.28. The molecule has 6 heteroatoms. The van der Waals surface area contributed by atoms with Crippen molar-refractivity contribution in [2.45, 2.75) is 32.9 Å². The Kier molecular flexibility index (Phi) is 5.51. The highest BCUT2D eigenvalue weighted by Crippen LogP contribution is 2.20. The van der Waals surface area contributed by atoms with E-state index in [2.05, 4.69) is 12.1 Å². The Bertz CT molecular complexity index is 990. The molecule has 0 N–H and O–H groups in total. The zero-order chi connectivity index (χ0) is 20.2. The highest BCUT2D eigenvalue weighted by molar-refractivity contribution is 5.95. The summed E-state index contributed by atoms with van der Waals surface area (Å²) in [4.78, 5) is 29.4. The number of aryl methyl sites for hydroxylation is 1. The van der Waals surface area contributed by atoms with Crippen molar-refractivity contribution in [3.05, 3.63) is 83.2 Å². The molecule has 1 aliphatic rings. The van der Waals surface area contributed by atoms with Gasteiger partial charge in [0.15, 0.2) is 0 Å². The van der Waals surface area contributed by atoms with Crippen LogP contribution in [0.25, 0.3) is 0 Å². The average Bonchev–Trinajstić information content (AvgIpc) is 3.41. The maximum Gasteiger partial charge on any atom is 0.257 e. The second kappa shape index (κ2) is 8.39. The van der Waals surface area contributed by atoms with E-state index in [1.165, 1.54) is 17.4 Å². The van der Waals surface area contributed by atoms with Gasteiger partial charge in [0.1, 0.15) is 11.5 Å². The molecule has 3 aromatic rings. The average molecular weight is 392 g/mol. The molecule has 0 spiro atoms.